The van der Waals surface area contributed by atoms with Crippen molar-refractivity contribution in [1.82, 2.24) is 0 Å². The maximum absolute atomic E-state index is 9.50. The molecular weight excluding hydrogens is 182 g/mol. The van der Waals surface area contributed by atoms with Gasteiger partial charge in [0, 0.05) is 11.2 Å². The average molecular weight is 193 g/mol. The van der Waals surface area contributed by atoms with Gasteiger partial charge in [0.25, 0.3) is 0 Å². The van der Waals surface area contributed by atoms with Gasteiger partial charge in [-0.15, -0.1) is 11.3 Å². The third kappa shape index (κ3) is 1.58. The summed E-state index contributed by atoms with van der Waals surface area (Å²) in [5.74, 6) is 0. The highest BCUT2D eigenvalue weighted by Crippen LogP contribution is 2.24. The Morgan fingerprint density at radius 3 is 3.00 bits per heavy atom. The van der Waals surface area contributed by atoms with Gasteiger partial charge < -0.3 is 10.8 Å². The Labute approximate surface area is 80.6 Å². The summed E-state index contributed by atoms with van der Waals surface area (Å²) >= 11 is 1.70. The number of hydrogen-bond donors (Lipinski definition) is 2. The summed E-state index contributed by atoms with van der Waals surface area (Å²) in [5, 5.41) is 12.7. The molecule has 68 valence electrons. The first-order valence-electron chi connectivity index (χ1n) is 4.16. The molecule has 0 aliphatic rings. The number of nitrogens with two attached hydrogens (primary N) is 1. The second-order valence-electron chi connectivity index (χ2n) is 2.97. The van der Waals surface area contributed by atoms with Crippen LogP contribution in [0.4, 0.5) is 0 Å². The molecule has 0 fully saturated rings. The van der Waals surface area contributed by atoms with Crippen molar-refractivity contribution >= 4 is 21.4 Å². The summed E-state index contributed by atoms with van der Waals surface area (Å²) < 4.78 is 1.24. The molecule has 2 nitrogen and oxygen atoms in total. The number of aliphatic hydroxyl groups is 1. The van der Waals surface area contributed by atoms with E-state index >= 15 is 0 Å². The van der Waals surface area contributed by atoms with Crippen LogP contribution in [0.1, 0.15) is 11.7 Å². The maximum atomic E-state index is 9.50. The van der Waals surface area contributed by atoms with Gasteiger partial charge in [-0.05, 0) is 34.5 Å². The fourth-order valence-electron chi connectivity index (χ4n) is 1.33. The van der Waals surface area contributed by atoms with Crippen LogP contribution in [0.5, 0.6) is 0 Å². The average Bonchev–Trinajstić information content (AvgIpc) is 2.63. The molecule has 0 saturated carbocycles. The highest BCUT2D eigenvalue weighted by atomic mass is 32.1. The largest absolute Gasteiger partial charge is 0.387 e. The van der Waals surface area contributed by atoms with E-state index in [4.69, 9.17) is 5.73 Å². The molecule has 0 bridgehead atoms. The minimum atomic E-state index is -0.538. The number of hydrogen-bond acceptors (Lipinski definition) is 3. The van der Waals surface area contributed by atoms with E-state index in [1.54, 1.807) is 11.3 Å². The van der Waals surface area contributed by atoms with Crippen molar-refractivity contribution in [3.05, 3.63) is 35.2 Å². The standard InChI is InChI=1S/C10H11NOS/c11-6-9(12)7-1-2-10-8(5-7)3-4-13-10/h1-5,9,12H,6,11H2/t9-/m1/s1. The van der Waals surface area contributed by atoms with Crippen LogP contribution in [0.3, 0.4) is 0 Å². The van der Waals surface area contributed by atoms with Crippen LogP contribution >= 0.6 is 11.3 Å². The highest BCUT2D eigenvalue weighted by Gasteiger charge is 2.05. The second kappa shape index (κ2) is 3.46. The maximum Gasteiger partial charge on any atom is 0.0912 e. The molecule has 0 saturated heterocycles. The zero-order valence-corrected chi connectivity index (χ0v) is 7.92. The first-order chi connectivity index (χ1) is 6.31. The smallest absolute Gasteiger partial charge is 0.0912 e. The first kappa shape index (κ1) is 8.69. The minimum absolute atomic E-state index is 0.273. The van der Waals surface area contributed by atoms with Crippen molar-refractivity contribution in [1.29, 1.82) is 0 Å². The van der Waals surface area contributed by atoms with E-state index in [0.29, 0.717) is 0 Å². The van der Waals surface area contributed by atoms with Crippen LogP contribution in [0.25, 0.3) is 10.1 Å². The summed E-state index contributed by atoms with van der Waals surface area (Å²) in [5.41, 5.74) is 6.27. The van der Waals surface area contributed by atoms with Crippen molar-refractivity contribution in [2.45, 2.75) is 6.10 Å². The molecule has 0 spiro atoms. The molecule has 3 N–H and O–H groups in total. The fourth-order valence-corrected chi connectivity index (χ4v) is 2.10. The molecule has 0 amide bonds. The Kier molecular flexibility index (Phi) is 2.31. The lowest BCUT2D eigenvalue weighted by molar-refractivity contribution is 0.187. The SMILES string of the molecule is NC[C@@H](O)c1ccc2sccc2c1. The van der Waals surface area contributed by atoms with Crippen LogP contribution in [0.2, 0.25) is 0 Å². The molecule has 0 unspecified atom stereocenters. The van der Waals surface area contributed by atoms with Gasteiger partial charge in [0.1, 0.15) is 0 Å². The first-order valence-corrected chi connectivity index (χ1v) is 5.04. The molecule has 1 heterocycles. The number of thiophene rings is 1. The van der Waals surface area contributed by atoms with Crippen molar-refractivity contribution < 1.29 is 5.11 Å². The zero-order chi connectivity index (χ0) is 9.26. The van der Waals surface area contributed by atoms with Gasteiger partial charge in [-0.2, -0.15) is 0 Å². The summed E-state index contributed by atoms with van der Waals surface area (Å²) in [6, 6.07) is 7.99. The van der Waals surface area contributed by atoms with Crippen LogP contribution in [-0.4, -0.2) is 11.7 Å². The van der Waals surface area contributed by atoms with E-state index in [2.05, 4.69) is 0 Å². The van der Waals surface area contributed by atoms with Crippen LogP contribution in [0, 0.1) is 0 Å². The van der Waals surface area contributed by atoms with E-state index in [1.807, 2.05) is 29.6 Å². The van der Waals surface area contributed by atoms with Crippen molar-refractivity contribution in [3.63, 3.8) is 0 Å². The molecule has 2 aromatic rings. The second-order valence-corrected chi connectivity index (χ2v) is 3.92. The van der Waals surface area contributed by atoms with Gasteiger partial charge >= 0.3 is 0 Å². The molecule has 13 heavy (non-hydrogen) atoms. The highest BCUT2D eigenvalue weighted by molar-refractivity contribution is 7.17. The Bertz CT molecular complexity index is 410. The number of rotatable bonds is 2. The van der Waals surface area contributed by atoms with Gasteiger partial charge in [0.2, 0.25) is 0 Å². The summed E-state index contributed by atoms with van der Waals surface area (Å²) in [4.78, 5) is 0. The number of aliphatic hydroxyl groups excluding tert-OH is 1. The molecule has 0 aliphatic carbocycles. The van der Waals surface area contributed by atoms with Crippen LogP contribution in [-0.2, 0) is 0 Å². The van der Waals surface area contributed by atoms with E-state index in [1.165, 1.54) is 10.1 Å². The fraction of sp³-hybridized carbons (Fsp3) is 0.200. The summed E-state index contributed by atoms with van der Waals surface area (Å²) in [6.45, 7) is 0.273. The molecule has 1 atom stereocenters. The Hall–Kier alpha value is -0.900. The van der Waals surface area contributed by atoms with Gasteiger partial charge in [0.05, 0.1) is 6.10 Å². The molecular formula is C10H11NOS. The summed E-state index contributed by atoms with van der Waals surface area (Å²) in [7, 11) is 0. The van der Waals surface area contributed by atoms with Gasteiger partial charge in [-0.3, -0.25) is 0 Å². The van der Waals surface area contributed by atoms with Crippen molar-refractivity contribution in [3.8, 4) is 0 Å². The Morgan fingerprint density at radius 2 is 2.23 bits per heavy atom. The van der Waals surface area contributed by atoms with Gasteiger partial charge in [0.15, 0.2) is 0 Å². The Balaban J connectivity index is 2.48. The third-order valence-electron chi connectivity index (χ3n) is 2.08. The topological polar surface area (TPSA) is 46.2 Å². The predicted molar refractivity (Wildman–Crippen MR) is 55.8 cm³/mol. The number of fused-ring (bicyclic) bond motifs is 1. The predicted octanol–water partition coefficient (Wildman–Crippen LogP) is 1.89. The minimum Gasteiger partial charge on any atom is -0.387 e. The lowest BCUT2D eigenvalue weighted by Crippen LogP contribution is -2.11. The third-order valence-corrected chi connectivity index (χ3v) is 2.98. The van der Waals surface area contributed by atoms with Crippen LogP contribution in [0.15, 0.2) is 29.6 Å². The Morgan fingerprint density at radius 1 is 1.38 bits per heavy atom. The molecule has 2 rings (SSSR count). The number of benzene rings is 1. The van der Waals surface area contributed by atoms with E-state index in [0.717, 1.165) is 5.56 Å². The van der Waals surface area contributed by atoms with E-state index in [-0.39, 0.29) is 6.54 Å². The quantitative estimate of drug-likeness (QED) is 0.765. The van der Waals surface area contributed by atoms with Crippen LogP contribution < -0.4 is 5.73 Å². The normalized spacial score (nSPS) is 13.4. The van der Waals surface area contributed by atoms with E-state index in [9.17, 15) is 5.11 Å². The molecule has 3 heteroatoms. The molecule has 0 aliphatic heterocycles. The molecule has 1 aromatic carbocycles. The molecule has 0 radical (unpaired) electrons. The zero-order valence-electron chi connectivity index (χ0n) is 7.10. The lowest BCUT2D eigenvalue weighted by atomic mass is 10.1. The lowest BCUT2D eigenvalue weighted by Gasteiger charge is -2.07. The van der Waals surface area contributed by atoms with Crippen molar-refractivity contribution in [2.24, 2.45) is 5.73 Å². The van der Waals surface area contributed by atoms with Gasteiger partial charge in [-0.1, -0.05) is 6.07 Å². The van der Waals surface area contributed by atoms with Gasteiger partial charge in [-0.25, -0.2) is 0 Å². The monoisotopic (exact) mass is 193 g/mol. The summed E-state index contributed by atoms with van der Waals surface area (Å²) in [6.07, 6.45) is -0.538. The molecule has 1 aromatic heterocycles. The van der Waals surface area contributed by atoms with Crippen molar-refractivity contribution in [2.75, 3.05) is 6.54 Å². The van der Waals surface area contributed by atoms with E-state index < -0.39 is 6.10 Å².